The molecule has 2 aromatic rings. The number of ketones is 1. The van der Waals surface area contributed by atoms with Gasteiger partial charge in [-0.2, -0.15) is 0 Å². The van der Waals surface area contributed by atoms with Crippen molar-refractivity contribution in [1.29, 1.82) is 0 Å². The van der Waals surface area contributed by atoms with Crippen molar-refractivity contribution in [2.45, 2.75) is 5.79 Å². The highest BCUT2D eigenvalue weighted by Gasteiger charge is 2.39. The summed E-state index contributed by atoms with van der Waals surface area (Å²) >= 11 is 0. The van der Waals surface area contributed by atoms with Gasteiger partial charge in [-0.3, -0.25) is 4.79 Å². The fourth-order valence-electron chi connectivity index (χ4n) is 2.25. The molecule has 0 saturated carbocycles. The molecule has 2 N–H and O–H groups in total. The molecule has 2 aromatic carbocycles. The summed E-state index contributed by atoms with van der Waals surface area (Å²) in [4.78, 5) is 34.8. The summed E-state index contributed by atoms with van der Waals surface area (Å²) < 4.78 is 15.0. The van der Waals surface area contributed by atoms with Gasteiger partial charge in [-0.05, 0) is 0 Å². The van der Waals surface area contributed by atoms with Crippen LogP contribution in [0, 0.1) is 0 Å². The topological polar surface area (TPSA) is 119 Å². The SMILES string of the molecule is O=C(OCCOCCOC(O)(C(=O)O)c1ccccc1)C(=O)c1ccccc1. The fraction of sp³-hybridized carbons (Fsp3) is 0.250. The quantitative estimate of drug-likeness (QED) is 0.195. The summed E-state index contributed by atoms with van der Waals surface area (Å²) in [5.41, 5.74) is 0.312. The Kier molecular flexibility index (Phi) is 7.82. The van der Waals surface area contributed by atoms with Gasteiger partial charge in [0.05, 0.1) is 19.8 Å². The number of carbonyl (C=O) groups is 3. The van der Waals surface area contributed by atoms with Gasteiger partial charge in [0.15, 0.2) is 0 Å². The molecule has 0 saturated heterocycles. The molecule has 0 fully saturated rings. The van der Waals surface area contributed by atoms with Crippen molar-refractivity contribution in [2.24, 2.45) is 0 Å². The first-order chi connectivity index (χ1) is 13.4. The maximum atomic E-state index is 11.8. The largest absolute Gasteiger partial charge is 0.477 e. The molecule has 28 heavy (non-hydrogen) atoms. The lowest BCUT2D eigenvalue weighted by Crippen LogP contribution is -2.39. The van der Waals surface area contributed by atoms with Crippen molar-refractivity contribution in [1.82, 2.24) is 0 Å². The van der Waals surface area contributed by atoms with E-state index in [4.69, 9.17) is 14.2 Å². The van der Waals surface area contributed by atoms with Crippen LogP contribution in [0.4, 0.5) is 0 Å². The summed E-state index contributed by atoms with van der Waals surface area (Å²) in [7, 11) is 0. The molecule has 0 amide bonds. The zero-order chi connectivity index (χ0) is 20.4. The van der Waals surface area contributed by atoms with Crippen LogP contribution in [0.3, 0.4) is 0 Å². The molecule has 1 unspecified atom stereocenters. The van der Waals surface area contributed by atoms with Gasteiger partial charge in [0.1, 0.15) is 6.61 Å². The Hall–Kier alpha value is -3.07. The predicted molar refractivity (Wildman–Crippen MR) is 96.5 cm³/mol. The van der Waals surface area contributed by atoms with Crippen LogP contribution in [0.25, 0.3) is 0 Å². The Morgan fingerprint density at radius 3 is 2.00 bits per heavy atom. The van der Waals surface area contributed by atoms with Gasteiger partial charge in [-0.1, -0.05) is 60.7 Å². The molecular formula is C20H20O8. The lowest BCUT2D eigenvalue weighted by Gasteiger charge is -2.23. The Labute approximate surface area is 161 Å². The summed E-state index contributed by atoms with van der Waals surface area (Å²) in [6.45, 7) is -0.436. The first-order valence-electron chi connectivity index (χ1n) is 8.44. The van der Waals surface area contributed by atoms with Crippen molar-refractivity contribution in [2.75, 3.05) is 26.4 Å². The van der Waals surface area contributed by atoms with Gasteiger partial charge >= 0.3 is 11.9 Å². The highest BCUT2D eigenvalue weighted by Crippen LogP contribution is 2.22. The Morgan fingerprint density at radius 2 is 1.39 bits per heavy atom. The lowest BCUT2D eigenvalue weighted by molar-refractivity contribution is -0.232. The van der Waals surface area contributed by atoms with Crippen LogP contribution in [0.15, 0.2) is 60.7 Å². The summed E-state index contributed by atoms with van der Waals surface area (Å²) in [6, 6.07) is 15.7. The van der Waals surface area contributed by atoms with E-state index in [0.717, 1.165) is 0 Å². The number of carboxylic acids is 1. The molecule has 0 radical (unpaired) electrons. The number of aliphatic carboxylic acids is 1. The van der Waals surface area contributed by atoms with Crippen LogP contribution in [0.1, 0.15) is 15.9 Å². The van der Waals surface area contributed by atoms with Crippen molar-refractivity contribution >= 4 is 17.7 Å². The predicted octanol–water partition coefficient (Wildman–Crippen LogP) is 1.38. The van der Waals surface area contributed by atoms with E-state index in [0.29, 0.717) is 0 Å². The molecule has 8 nitrogen and oxygen atoms in total. The number of carbonyl (C=O) groups excluding carboxylic acids is 2. The monoisotopic (exact) mass is 388 g/mol. The number of rotatable bonds is 11. The van der Waals surface area contributed by atoms with E-state index in [-0.39, 0.29) is 37.6 Å². The van der Waals surface area contributed by atoms with Gasteiger partial charge in [0.25, 0.3) is 11.6 Å². The molecule has 0 bridgehead atoms. The fourth-order valence-corrected chi connectivity index (χ4v) is 2.25. The summed E-state index contributed by atoms with van der Waals surface area (Å²) in [6.07, 6.45) is 0. The zero-order valence-corrected chi connectivity index (χ0v) is 14.9. The van der Waals surface area contributed by atoms with E-state index in [9.17, 15) is 24.6 Å². The average Bonchev–Trinajstić information content (AvgIpc) is 2.73. The minimum atomic E-state index is -2.49. The Morgan fingerprint density at radius 1 is 0.821 bits per heavy atom. The van der Waals surface area contributed by atoms with Gasteiger partial charge in [0, 0.05) is 11.1 Å². The molecule has 0 aliphatic heterocycles. The summed E-state index contributed by atoms with van der Waals surface area (Å²) in [5.74, 6) is -5.78. The zero-order valence-electron chi connectivity index (χ0n) is 14.9. The van der Waals surface area contributed by atoms with Crippen LogP contribution in [0.2, 0.25) is 0 Å². The van der Waals surface area contributed by atoms with E-state index in [1.54, 1.807) is 36.4 Å². The summed E-state index contributed by atoms with van der Waals surface area (Å²) in [5, 5.41) is 19.4. The van der Waals surface area contributed by atoms with Gasteiger partial charge in [0.2, 0.25) is 0 Å². The van der Waals surface area contributed by atoms with Crippen LogP contribution in [-0.4, -0.2) is 54.4 Å². The number of aliphatic hydroxyl groups is 1. The molecule has 0 aromatic heterocycles. The number of hydrogen-bond acceptors (Lipinski definition) is 7. The van der Waals surface area contributed by atoms with Crippen molar-refractivity contribution in [3.8, 4) is 0 Å². The smallest absolute Gasteiger partial charge is 0.379 e. The molecule has 148 valence electrons. The number of hydrogen-bond donors (Lipinski definition) is 2. The highest BCUT2D eigenvalue weighted by atomic mass is 16.7. The van der Waals surface area contributed by atoms with Crippen molar-refractivity contribution in [3.05, 3.63) is 71.8 Å². The third kappa shape index (κ3) is 5.71. The van der Waals surface area contributed by atoms with Crippen LogP contribution in [0.5, 0.6) is 0 Å². The molecule has 0 heterocycles. The molecular weight excluding hydrogens is 368 g/mol. The second kappa shape index (κ2) is 10.3. The highest BCUT2D eigenvalue weighted by molar-refractivity contribution is 6.40. The first kappa shape index (κ1) is 21.2. The normalized spacial score (nSPS) is 12.8. The lowest BCUT2D eigenvalue weighted by atomic mass is 10.1. The minimum absolute atomic E-state index is 0.0198. The first-order valence-corrected chi connectivity index (χ1v) is 8.44. The number of ether oxygens (including phenoxy) is 3. The third-order valence-corrected chi connectivity index (χ3v) is 3.68. The Bertz CT molecular complexity index is 790. The van der Waals surface area contributed by atoms with E-state index in [1.807, 2.05) is 0 Å². The molecule has 0 spiro atoms. The third-order valence-electron chi connectivity index (χ3n) is 3.68. The van der Waals surface area contributed by atoms with Crippen molar-refractivity contribution in [3.63, 3.8) is 0 Å². The molecule has 0 aliphatic rings. The van der Waals surface area contributed by atoms with Crippen LogP contribution >= 0.6 is 0 Å². The van der Waals surface area contributed by atoms with Gasteiger partial charge in [-0.25, -0.2) is 9.59 Å². The minimum Gasteiger partial charge on any atom is -0.477 e. The molecule has 2 rings (SSSR count). The van der Waals surface area contributed by atoms with E-state index >= 15 is 0 Å². The maximum Gasteiger partial charge on any atom is 0.379 e. The average molecular weight is 388 g/mol. The standard InChI is InChI=1S/C20H20O8/c21-17(15-7-3-1-4-8-15)18(22)27-13-11-26-12-14-28-20(25,19(23)24)16-9-5-2-6-10-16/h1-10,25H,11-14H2,(H,23,24). The molecule has 8 heteroatoms. The van der Waals surface area contributed by atoms with Crippen LogP contribution < -0.4 is 0 Å². The number of benzene rings is 2. The van der Waals surface area contributed by atoms with Crippen LogP contribution in [-0.2, 0) is 29.6 Å². The van der Waals surface area contributed by atoms with E-state index in [2.05, 4.69) is 0 Å². The number of Topliss-reactive ketones (excluding diaryl/α,β-unsaturated/α-hetero) is 1. The Balaban J connectivity index is 1.68. The second-order valence-corrected chi connectivity index (χ2v) is 5.61. The van der Waals surface area contributed by atoms with E-state index in [1.165, 1.54) is 24.3 Å². The van der Waals surface area contributed by atoms with Gasteiger partial charge < -0.3 is 24.4 Å². The number of esters is 1. The van der Waals surface area contributed by atoms with E-state index < -0.39 is 23.5 Å². The maximum absolute atomic E-state index is 11.8. The molecule has 1 atom stereocenters. The van der Waals surface area contributed by atoms with Gasteiger partial charge in [-0.15, -0.1) is 0 Å². The molecule has 0 aliphatic carbocycles. The van der Waals surface area contributed by atoms with Crippen molar-refractivity contribution < 1.29 is 38.8 Å². The second-order valence-electron chi connectivity index (χ2n) is 5.61. The number of carboxylic acid groups (broad SMARTS) is 1.